The number of ether oxygens (including phenoxy) is 2. The Hall–Kier alpha value is -2.12. The van der Waals surface area contributed by atoms with E-state index in [0.29, 0.717) is 37.0 Å². The lowest BCUT2D eigenvalue weighted by Gasteiger charge is -2.32. The molecule has 0 spiro atoms. The summed E-state index contributed by atoms with van der Waals surface area (Å²) >= 11 is 6.00. The number of aromatic amines is 1. The van der Waals surface area contributed by atoms with E-state index in [0.717, 1.165) is 17.1 Å². The van der Waals surface area contributed by atoms with Crippen LogP contribution in [0.4, 0.5) is 0 Å². The Morgan fingerprint density at radius 3 is 3.12 bits per heavy atom. The van der Waals surface area contributed by atoms with Gasteiger partial charge >= 0.3 is 0 Å². The third kappa shape index (κ3) is 2.85. The summed E-state index contributed by atoms with van der Waals surface area (Å²) in [6, 6.07) is 5.43. The van der Waals surface area contributed by atoms with E-state index in [-0.39, 0.29) is 12.0 Å². The van der Waals surface area contributed by atoms with Crippen molar-refractivity contribution in [1.82, 2.24) is 20.1 Å². The highest BCUT2D eigenvalue weighted by molar-refractivity contribution is 6.30. The Kier molecular flexibility index (Phi) is 3.90. The molecule has 0 aliphatic carbocycles. The van der Waals surface area contributed by atoms with Crippen LogP contribution in [0.2, 0.25) is 5.02 Å². The molecule has 7 nitrogen and oxygen atoms in total. The van der Waals surface area contributed by atoms with Gasteiger partial charge < -0.3 is 14.4 Å². The first-order chi connectivity index (χ1) is 11.6. The van der Waals surface area contributed by atoms with Gasteiger partial charge in [-0.15, -0.1) is 0 Å². The maximum atomic E-state index is 12.8. The van der Waals surface area contributed by atoms with Crippen molar-refractivity contribution in [3.05, 3.63) is 40.4 Å². The van der Waals surface area contributed by atoms with Crippen LogP contribution < -0.4 is 4.74 Å². The van der Waals surface area contributed by atoms with Crippen molar-refractivity contribution < 1.29 is 14.3 Å². The Balaban J connectivity index is 1.45. The van der Waals surface area contributed by atoms with Gasteiger partial charge in [-0.2, -0.15) is 5.10 Å². The number of amides is 1. The molecule has 0 unspecified atom stereocenters. The molecule has 3 heterocycles. The van der Waals surface area contributed by atoms with Crippen molar-refractivity contribution >= 4 is 17.5 Å². The fraction of sp³-hybridized carbons (Fsp3) is 0.438. The predicted octanol–water partition coefficient (Wildman–Crippen LogP) is 1.67. The van der Waals surface area contributed by atoms with Gasteiger partial charge in [0.05, 0.1) is 13.2 Å². The molecule has 8 heteroatoms. The second kappa shape index (κ2) is 6.07. The van der Waals surface area contributed by atoms with Crippen LogP contribution in [0, 0.1) is 6.92 Å². The Morgan fingerprint density at radius 2 is 2.33 bits per heavy atom. The molecule has 1 fully saturated rings. The molecule has 1 saturated heterocycles. The third-order valence-electron chi connectivity index (χ3n) is 4.25. The number of nitrogens with zero attached hydrogens (tertiary/aromatic N) is 3. The number of carbonyl (C=O) groups excluding carboxylic acids is 1. The number of H-pyrrole nitrogens is 1. The number of fused-ring (bicyclic) bond motifs is 1. The summed E-state index contributed by atoms with van der Waals surface area (Å²) in [5.41, 5.74) is 0.968. The molecule has 1 amide bonds. The Morgan fingerprint density at radius 1 is 1.46 bits per heavy atom. The number of nitrogens with one attached hydrogen (secondary N) is 1. The van der Waals surface area contributed by atoms with Gasteiger partial charge in [0.1, 0.15) is 17.7 Å². The normalized spacial score (nSPS) is 23.0. The van der Waals surface area contributed by atoms with Gasteiger partial charge in [-0.1, -0.05) is 11.6 Å². The number of hydrogen-bond donors (Lipinski definition) is 1. The fourth-order valence-corrected chi connectivity index (χ4v) is 3.26. The van der Waals surface area contributed by atoms with Crippen molar-refractivity contribution in [3.8, 4) is 5.75 Å². The van der Waals surface area contributed by atoms with Gasteiger partial charge in [0.2, 0.25) is 0 Å². The lowest BCUT2D eigenvalue weighted by Crippen LogP contribution is -2.48. The minimum Gasteiger partial charge on any atom is -0.480 e. The molecular formula is C16H17ClN4O3. The monoisotopic (exact) mass is 348 g/mol. The second-order valence-corrected chi connectivity index (χ2v) is 6.42. The van der Waals surface area contributed by atoms with Gasteiger partial charge in [0, 0.05) is 18.0 Å². The summed E-state index contributed by atoms with van der Waals surface area (Å²) in [7, 11) is 0. The van der Waals surface area contributed by atoms with Gasteiger partial charge in [-0.3, -0.25) is 9.89 Å². The number of halogens is 1. The molecule has 0 bridgehead atoms. The van der Waals surface area contributed by atoms with Crippen LogP contribution in [0.25, 0.3) is 0 Å². The number of hydrogen-bond acceptors (Lipinski definition) is 5. The molecule has 2 aromatic rings. The first-order valence-corrected chi connectivity index (χ1v) is 8.22. The number of aromatic nitrogens is 3. The van der Waals surface area contributed by atoms with Crippen LogP contribution in [0.15, 0.2) is 18.2 Å². The Labute approximate surface area is 143 Å². The molecular weight excluding hydrogens is 332 g/mol. The van der Waals surface area contributed by atoms with Crippen LogP contribution in [-0.4, -0.2) is 51.8 Å². The smallest absolute Gasteiger partial charge is 0.264 e. The molecule has 126 valence electrons. The summed E-state index contributed by atoms with van der Waals surface area (Å²) in [4.78, 5) is 18.9. The van der Waals surface area contributed by atoms with Crippen LogP contribution >= 0.6 is 11.6 Å². The minimum absolute atomic E-state index is 0.0390. The quantitative estimate of drug-likeness (QED) is 0.893. The summed E-state index contributed by atoms with van der Waals surface area (Å²) in [5.74, 6) is 1.99. The largest absolute Gasteiger partial charge is 0.480 e. The minimum atomic E-state index is -0.508. The molecule has 2 aliphatic rings. The molecule has 0 radical (unpaired) electrons. The summed E-state index contributed by atoms with van der Waals surface area (Å²) in [6.07, 6.45) is -0.284. The highest BCUT2D eigenvalue weighted by Gasteiger charge is 2.36. The first kappa shape index (κ1) is 15.4. The molecule has 0 saturated carbocycles. The molecule has 2 atom stereocenters. The predicted molar refractivity (Wildman–Crippen MR) is 86.0 cm³/mol. The highest BCUT2D eigenvalue weighted by atomic mass is 35.5. The zero-order chi connectivity index (χ0) is 16.7. The van der Waals surface area contributed by atoms with E-state index >= 15 is 0 Å². The van der Waals surface area contributed by atoms with E-state index in [2.05, 4.69) is 15.2 Å². The third-order valence-corrected chi connectivity index (χ3v) is 4.49. The van der Waals surface area contributed by atoms with E-state index in [1.165, 1.54) is 0 Å². The number of benzene rings is 1. The standard InChI is InChI=1S/C16H17ClN4O3/c1-9-18-15(20-19-9)14-8-21(4-5-23-14)16(22)13-7-10-6-11(17)2-3-12(10)24-13/h2-3,6,13-14H,4-5,7-8H2,1H3,(H,18,19,20)/t13-,14-/m0/s1. The van der Waals surface area contributed by atoms with Crippen molar-refractivity contribution in [1.29, 1.82) is 0 Å². The maximum absolute atomic E-state index is 12.8. The van der Waals surface area contributed by atoms with Gasteiger partial charge in [0.15, 0.2) is 11.9 Å². The van der Waals surface area contributed by atoms with E-state index in [9.17, 15) is 4.79 Å². The average molecular weight is 349 g/mol. The number of aryl methyl sites for hydroxylation is 1. The summed E-state index contributed by atoms with van der Waals surface area (Å²) < 4.78 is 11.5. The lowest BCUT2D eigenvalue weighted by molar-refractivity contribution is -0.146. The topological polar surface area (TPSA) is 80.3 Å². The molecule has 1 aromatic heterocycles. The average Bonchev–Trinajstić information content (AvgIpc) is 3.20. The van der Waals surface area contributed by atoms with Crippen LogP contribution in [0.5, 0.6) is 5.75 Å². The summed E-state index contributed by atoms with van der Waals surface area (Å²) in [6.45, 7) is 3.25. The molecule has 24 heavy (non-hydrogen) atoms. The van der Waals surface area contributed by atoms with Crippen LogP contribution in [0.3, 0.4) is 0 Å². The van der Waals surface area contributed by atoms with E-state index in [1.54, 1.807) is 11.0 Å². The molecule has 1 aromatic carbocycles. The first-order valence-electron chi connectivity index (χ1n) is 7.84. The van der Waals surface area contributed by atoms with Crippen LogP contribution in [-0.2, 0) is 16.0 Å². The number of morpholine rings is 1. The zero-order valence-corrected chi connectivity index (χ0v) is 13.9. The van der Waals surface area contributed by atoms with Gasteiger partial charge in [0.25, 0.3) is 5.91 Å². The zero-order valence-electron chi connectivity index (χ0n) is 13.2. The van der Waals surface area contributed by atoms with E-state index < -0.39 is 6.10 Å². The SMILES string of the molecule is Cc1nc([C@@H]2CN(C(=O)[C@@H]3Cc4cc(Cl)ccc4O3)CCO2)n[nH]1. The van der Waals surface area contributed by atoms with Gasteiger partial charge in [-0.05, 0) is 30.7 Å². The van der Waals surface area contributed by atoms with Crippen molar-refractivity contribution in [2.24, 2.45) is 0 Å². The highest BCUT2D eigenvalue weighted by Crippen LogP contribution is 2.32. The fourth-order valence-electron chi connectivity index (χ4n) is 3.07. The maximum Gasteiger partial charge on any atom is 0.264 e. The van der Waals surface area contributed by atoms with Crippen molar-refractivity contribution in [2.75, 3.05) is 19.7 Å². The second-order valence-electron chi connectivity index (χ2n) is 5.99. The summed E-state index contributed by atoms with van der Waals surface area (Å²) in [5, 5.41) is 7.58. The van der Waals surface area contributed by atoms with Crippen molar-refractivity contribution in [3.63, 3.8) is 0 Å². The molecule has 2 aliphatic heterocycles. The number of rotatable bonds is 2. The van der Waals surface area contributed by atoms with Gasteiger partial charge in [-0.25, -0.2) is 4.98 Å². The van der Waals surface area contributed by atoms with Crippen LogP contribution in [0.1, 0.15) is 23.3 Å². The number of carbonyl (C=O) groups is 1. The van der Waals surface area contributed by atoms with E-state index in [4.69, 9.17) is 21.1 Å². The van der Waals surface area contributed by atoms with Crippen molar-refractivity contribution in [2.45, 2.75) is 25.6 Å². The molecule has 4 rings (SSSR count). The molecule has 1 N–H and O–H groups in total. The lowest BCUT2D eigenvalue weighted by atomic mass is 10.1. The van der Waals surface area contributed by atoms with E-state index in [1.807, 2.05) is 19.1 Å². The Bertz CT molecular complexity index is 778.